The van der Waals surface area contributed by atoms with Gasteiger partial charge >= 0.3 is 5.97 Å². The van der Waals surface area contributed by atoms with E-state index < -0.39 is 24.5 Å². The number of aliphatic carboxylic acids is 1. The van der Waals surface area contributed by atoms with Crippen LogP contribution in [-0.4, -0.2) is 53.6 Å². The minimum Gasteiger partial charge on any atom is -0.481 e. The highest BCUT2D eigenvalue weighted by molar-refractivity contribution is 5.77. The number of amides is 1. The van der Waals surface area contributed by atoms with Crippen molar-refractivity contribution in [3.63, 3.8) is 0 Å². The van der Waals surface area contributed by atoms with Gasteiger partial charge in [-0.2, -0.15) is 0 Å². The Hall–Kier alpha value is -1.24. The predicted octanol–water partition coefficient (Wildman–Crippen LogP) is 1.76. The van der Waals surface area contributed by atoms with Crippen LogP contribution < -0.4 is 0 Å². The molecular formula is C12H21F2NO4. The van der Waals surface area contributed by atoms with E-state index in [0.717, 1.165) is 0 Å². The van der Waals surface area contributed by atoms with Gasteiger partial charge in [0.2, 0.25) is 5.91 Å². The van der Waals surface area contributed by atoms with Gasteiger partial charge < -0.3 is 14.7 Å². The van der Waals surface area contributed by atoms with E-state index in [-0.39, 0.29) is 31.9 Å². The van der Waals surface area contributed by atoms with Crippen molar-refractivity contribution in [1.29, 1.82) is 0 Å². The zero-order valence-electron chi connectivity index (χ0n) is 11.5. The fraction of sp³-hybridized carbons (Fsp3) is 0.833. The van der Waals surface area contributed by atoms with Crippen LogP contribution in [0, 0.1) is 0 Å². The molecule has 0 atom stereocenters. The molecule has 1 amide bonds. The van der Waals surface area contributed by atoms with Crippen molar-refractivity contribution < 1.29 is 28.2 Å². The van der Waals surface area contributed by atoms with E-state index in [1.807, 2.05) is 0 Å². The second-order valence-corrected chi connectivity index (χ2v) is 5.08. The molecule has 0 fully saturated rings. The van der Waals surface area contributed by atoms with E-state index in [4.69, 9.17) is 5.11 Å². The van der Waals surface area contributed by atoms with Crippen molar-refractivity contribution in [3.8, 4) is 0 Å². The summed E-state index contributed by atoms with van der Waals surface area (Å²) in [5.74, 6) is -1.29. The van der Waals surface area contributed by atoms with E-state index in [2.05, 4.69) is 4.74 Å². The minimum absolute atomic E-state index is 0.0381. The lowest BCUT2D eigenvalue weighted by atomic mass is 10.0. The summed E-state index contributed by atoms with van der Waals surface area (Å²) in [5.41, 5.74) is -0.519. The molecule has 0 spiro atoms. The van der Waals surface area contributed by atoms with Gasteiger partial charge in [0.25, 0.3) is 6.43 Å². The predicted molar refractivity (Wildman–Crippen MR) is 65.2 cm³/mol. The van der Waals surface area contributed by atoms with E-state index in [1.165, 1.54) is 4.90 Å². The number of carbonyl (C=O) groups excluding carboxylic acids is 1. The molecule has 0 rings (SSSR count). The second kappa shape index (κ2) is 8.04. The van der Waals surface area contributed by atoms with Gasteiger partial charge in [0, 0.05) is 12.1 Å². The van der Waals surface area contributed by atoms with Crippen molar-refractivity contribution in [2.24, 2.45) is 0 Å². The maximum atomic E-state index is 11.9. The summed E-state index contributed by atoms with van der Waals surface area (Å²) in [6.07, 6.45) is -2.74. The fourth-order valence-corrected chi connectivity index (χ4v) is 1.51. The molecule has 1 N–H and O–H groups in total. The van der Waals surface area contributed by atoms with E-state index in [1.54, 1.807) is 20.8 Å². The normalized spacial score (nSPS) is 11.7. The lowest BCUT2D eigenvalue weighted by Crippen LogP contribution is -2.46. The van der Waals surface area contributed by atoms with Crippen LogP contribution in [0.1, 0.15) is 33.6 Å². The zero-order chi connectivity index (χ0) is 15.1. The molecule has 0 aliphatic heterocycles. The Morgan fingerprint density at radius 2 is 1.84 bits per heavy atom. The third kappa shape index (κ3) is 8.47. The third-order valence-corrected chi connectivity index (χ3v) is 2.36. The number of rotatable bonds is 8. The highest BCUT2D eigenvalue weighted by Crippen LogP contribution is 2.15. The molecule has 0 radical (unpaired) electrons. The Balaban J connectivity index is 4.27. The van der Waals surface area contributed by atoms with Gasteiger partial charge in [-0.3, -0.25) is 9.59 Å². The molecule has 0 aromatic heterocycles. The lowest BCUT2D eigenvalue weighted by molar-refractivity contribution is -0.141. The Bertz CT molecular complexity index is 303. The molecule has 112 valence electrons. The number of hydrogen-bond donors (Lipinski definition) is 1. The van der Waals surface area contributed by atoms with Gasteiger partial charge in [-0.1, -0.05) is 0 Å². The third-order valence-electron chi connectivity index (χ3n) is 2.36. The monoisotopic (exact) mass is 281 g/mol. The first-order valence-corrected chi connectivity index (χ1v) is 6.02. The summed E-state index contributed by atoms with van der Waals surface area (Å²) in [7, 11) is 0. The minimum atomic E-state index is -2.55. The molecule has 0 heterocycles. The molecule has 7 heteroatoms. The van der Waals surface area contributed by atoms with Crippen LogP contribution in [0.2, 0.25) is 0 Å². The summed E-state index contributed by atoms with van der Waals surface area (Å²) < 4.78 is 28.3. The Kier molecular flexibility index (Phi) is 7.51. The zero-order valence-corrected chi connectivity index (χ0v) is 11.5. The number of carboxylic acid groups (broad SMARTS) is 1. The molecular weight excluding hydrogens is 260 g/mol. The van der Waals surface area contributed by atoms with Crippen LogP contribution in [0.15, 0.2) is 0 Å². The van der Waals surface area contributed by atoms with Crippen LogP contribution in [0.3, 0.4) is 0 Å². The summed E-state index contributed by atoms with van der Waals surface area (Å²) >= 11 is 0. The smallest absolute Gasteiger partial charge is 0.305 e. The molecule has 19 heavy (non-hydrogen) atoms. The first-order chi connectivity index (χ1) is 8.64. The average Bonchev–Trinajstić information content (AvgIpc) is 2.22. The first-order valence-electron chi connectivity index (χ1n) is 6.02. The first kappa shape index (κ1) is 17.8. The number of carboxylic acids is 1. The standard InChI is InChI=1S/C12H21F2NO4/c1-12(2,3)15(6-4-11(17)18)10(16)5-7-19-8-9(13)14/h9H,4-8H2,1-3H3,(H,17,18). The molecule has 0 saturated heterocycles. The van der Waals surface area contributed by atoms with E-state index in [0.29, 0.717) is 0 Å². The second-order valence-electron chi connectivity index (χ2n) is 5.08. The maximum absolute atomic E-state index is 11.9. The topological polar surface area (TPSA) is 66.8 Å². The highest BCUT2D eigenvalue weighted by atomic mass is 19.3. The van der Waals surface area contributed by atoms with Gasteiger partial charge in [0.1, 0.15) is 6.61 Å². The van der Waals surface area contributed by atoms with Gasteiger partial charge in [-0.25, -0.2) is 8.78 Å². The molecule has 0 unspecified atom stereocenters. The summed E-state index contributed by atoms with van der Waals surface area (Å²) in [4.78, 5) is 23.9. The van der Waals surface area contributed by atoms with E-state index in [9.17, 15) is 18.4 Å². The van der Waals surface area contributed by atoms with Crippen molar-refractivity contribution in [1.82, 2.24) is 4.90 Å². The number of carbonyl (C=O) groups is 2. The molecule has 0 bridgehead atoms. The van der Waals surface area contributed by atoms with Crippen LogP contribution >= 0.6 is 0 Å². The Morgan fingerprint density at radius 1 is 1.26 bits per heavy atom. The molecule has 0 saturated carbocycles. The number of ether oxygens (including phenoxy) is 1. The van der Waals surface area contributed by atoms with E-state index >= 15 is 0 Å². The van der Waals surface area contributed by atoms with Crippen LogP contribution in [0.5, 0.6) is 0 Å². The average molecular weight is 281 g/mol. The molecule has 5 nitrogen and oxygen atoms in total. The van der Waals surface area contributed by atoms with Crippen LogP contribution in [0.4, 0.5) is 8.78 Å². The fourth-order valence-electron chi connectivity index (χ4n) is 1.51. The maximum Gasteiger partial charge on any atom is 0.305 e. The number of hydrogen-bond acceptors (Lipinski definition) is 3. The lowest BCUT2D eigenvalue weighted by Gasteiger charge is -2.35. The van der Waals surface area contributed by atoms with Crippen molar-refractivity contribution in [2.75, 3.05) is 19.8 Å². The quantitative estimate of drug-likeness (QED) is 0.688. The molecule has 0 aromatic rings. The molecule has 0 aliphatic rings. The molecule has 0 aliphatic carbocycles. The summed E-state index contributed by atoms with van der Waals surface area (Å²) in [6, 6.07) is 0. The molecule has 0 aromatic carbocycles. The largest absolute Gasteiger partial charge is 0.481 e. The van der Waals surface area contributed by atoms with Gasteiger partial charge in [-0.05, 0) is 20.8 Å². The van der Waals surface area contributed by atoms with Gasteiger partial charge in [-0.15, -0.1) is 0 Å². The Labute approximate surface area is 111 Å². The van der Waals surface area contributed by atoms with Crippen molar-refractivity contribution in [3.05, 3.63) is 0 Å². The number of alkyl halides is 2. The number of halogens is 2. The Morgan fingerprint density at radius 3 is 2.26 bits per heavy atom. The summed E-state index contributed by atoms with van der Waals surface area (Å²) in [5, 5.41) is 8.64. The van der Waals surface area contributed by atoms with Gasteiger partial charge in [0.15, 0.2) is 0 Å². The van der Waals surface area contributed by atoms with Crippen molar-refractivity contribution in [2.45, 2.75) is 45.6 Å². The van der Waals surface area contributed by atoms with Crippen LogP contribution in [0.25, 0.3) is 0 Å². The summed E-state index contributed by atoms with van der Waals surface area (Å²) in [6.45, 7) is 4.65. The number of nitrogens with zero attached hydrogens (tertiary/aromatic N) is 1. The van der Waals surface area contributed by atoms with Gasteiger partial charge in [0.05, 0.1) is 19.4 Å². The van der Waals surface area contributed by atoms with Crippen molar-refractivity contribution >= 4 is 11.9 Å². The van der Waals surface area contributed by atoms with Crippen LogP contribution in [-0.2, 0) is 14.3 Å². The SMILES string of the molecule is CC(C)(C)N(CCC(=O)O)C(=O)CCOCC(F)F. The highest BCUT2D eigenvalue weighted by Gasteiger charge is 2.26.